The average Bonchev–Trinajstić information content (AvgIpc) is 3.40. The Morgan fingerprint density at radius 3 is 2.44 bits per heavy atom. The fourth-order valence-electron chi connectivity index (χ4n) is 2.64. The molecule has 2 aromatic carbocycles. The van der Waals surface area contributed by atoms with Crippen molar-refractivity contribution < 1.29 is 9.21 Å². The van der Waals surface area contributed by atoms with Gasteiger partial charge in [0.05, 0.1) is 18.2 Å². The van der Waals surface area contributed by atoms with Crippen LogP contribution in [0, 0.1) is 0 Å². The first kappa shape index (κ1) is 16.5. The standard InChI is InChI=1S/C21H16N4O2/c26-21(19-12-7-13-27-19)23-22-14-17-15-25(18-10-5-2-6-11-18)24-20(17)16-8-3-1-4-9-16/h1-15H,(H,23,26). The molecule has 1 N–H and O–H groups in total. The van der Waals surface area contributed by atoms with Crippen LogP contribution in [0.3, 0.4) is 0 Å². The SMILES string of the molecule is O=C(NN=Cc1cn(-c2ccccc2)nc1-c1ccccc1)c1ccco1. The van der Waals surface area contributed by atoms with Crippen molar-refractivity contribution in [2.75, 3.05) is 0 Å². The maximum Gasteiger partial charge on any atom is 0.307 e. The number of hydrazone groups is 1. The number of nitrogens with zero attached hydrogens (tertiary/aromatic N) is 3. The van der Waals surface area contributed by atoms with Crippen LogP contribution in [0.5, 0.6) is 0 Å². The average molecular weight is 356 g/mol. The second kappa shape index (κ2) is 7.53. The van der Waals surface area contributed by atoms with E-state index < -0.39 is 5.91 Å². The lowest BCUT2D eigenvalue weighted by atomic mass is 10.1. The number of nitrogens with one attached hydrogen (secondary N) is 1. The summed E-state index contributed by atoms with van der Waals surface area (Å²) in [6.07, 6.45) is 4.89. The van der Waals surface area contributed by atoms with Gasteiger partial charge in [-0.15, -0.1) is 0 Å². The number of hydrogen-bond acceptors (Lipinski definition) is 4. The van der Waals surface area contributed by atoms with Crippen molar-refractivity contribution >= 4 is 12.1 Å². The number of aromatic nitrogens is 2. The molecule has 0 aliphatic carbocycles. The summed E-state index contributed by atoms with van der Waals surface area (Å²) in [5, 5.41) is 8.75. The van der Waals surface area contributed by atoms with Gasteiger partial charge in [0.2, 0.25) is 0 Å². The highest BCUT2D eigenvalue weighted by atomic mass is 16.3. The molecule has 2 aromatic heterocycles. The van der Waals surface area contributed by atoms with E-state index >= 15 is 0 Å². The molecule has 0 atom stereocenters. The highest BCUT2D eigenvalue weighted by molar-refractivity contribution is 5.93. The van der Waals surface area contributed by atoms with Crippen LogP contribution < -0.4 is 5.43 Å². The monoisotopic (exact) mass is 356 g/mol. The van der Waals surface area contributed by atoms with Crippen molar-refractivity contribution in [2.24, 2.45) is 5.10 Å². The normalized spacial score (nSPS) is 11.0. The Labute approximate surface area is 155 Å². The molecule has 0 bridgehead atoms. The van der Waals surface area contributed by atoms with Gasteiger partial charge in [0.25, 0.3) is 0 Å². The molecule has 27 heavy (non-hydrogen) atoms. The Bertz CT molecular complexity index is 1050. The summed E-state index contributed by atoms with van der Waals surface area (Å²) in [5.74, 6) is -0.205. The van der Waals surface area contributed by atoms with Crippen LogP contribution in [0.1, 0.15) is 16.1 Å². The van der Waals surface area contributed by atoms with E-state index in [0.29, 0.717) is 0 Å². The molecule has 0 aliphatic rings. The van der Waals surface area contributed by atoms with Crippen LogP contribution in [0.15, 0.2) is 94.8 Å². The van der Waals surface area contributed by atoms with E-state index in [1.807, 2.05) is 66.9 Å². The molecule has 132 valence electrons. The lowest BCUT2D eigenvalue weighted by Gasteiger charge is -2.00. The number of benzene rings is 2. The lowest BCUT2D eigenvalue weighted by molar-refractivity contribution is 0.0927. The van der Waals surface area contributed by atoms with E-state index in [1.54, 1.807) is 23.0 Å². The van der Waals surface area contributed by atoms with Crippen LogP contribution in [-0.4, -0.2) is 21.9 Å². The minimum absolute atomic E-state index is 0.204. The second-order valence-electron chi connectivity index (χ2n) is 5.76. The first-order valence-electron chi connectivity index (χ1n) is 8.39. The van der Waals surface area contributed by atoms with E-state index in [9.17, 15) is 4.79 Å². The van der Waals surface area contributed by atoms with Crippen molar-refractivity contribution in [3.05, 3.63) is 96.6 Å². The maximum absolute atomic E-state index is 11.9. The third kappa shape index (κ3) is 3.69. The van der Waals surface area contributed by atoms with E-state index in [-0.39, 0.29) is 5.76 Å². The predicted molar refractivity (Wildman–Crippen MR) is 103 cm³/mol. The van der Waals surface area contributed by atoms with E-state index in [4.69, 9.17) is 9.52 Å². The van der Waals surface area contributed by atoms with E-state index in [0.717, 1.165) is 22.5 Å². The third-order valence-electron chi connectivity index (χ3n) is 3.93. The van der Waals surface area contributed by atoms with E-state index in [2.05, 4.69) is 10.5 Å². The largest absolute Gasteiger partial charge is 0.459 e. The van der Waals surface area contributed by atoms with Crippen molar-refractivity contribution in [1.29, 1.82) is 0 Å². The minimum Gasteiger partial charge on any atom is -0.459 e. The van der Waals surface area contributed by atoms with Crippen LogP contribution in [0.2, 0.25) is 0 Å². The van der Waals surface area contributed by atoms with Crippen LogP contribution in [0.4, 0.5) is 0 Å². The summed E-state index contributed by atoms with van der Waals surface area (Å²) < 4.78 is 6.84. The summed E-state index contributed by atoms with van der Waals surface area (Å²) >= 11 is 0. The summed E-state index contributed by atoms with van der Waals surface area (Å²) in [4.78, 5) is 11.9. The van der Waals surface area contributed by atoms with Crippen molar-refractivity contribution in [2.45, 2.75) is 0 Å². The zero-order valence-corrected chi connectivity index (χ0v) is 14.3. The maximum atomic E-state index is 11.9. The molecule has 0 spiro atoms. The third-order valence-corrected chi connectivity index (χ3v) is 3.93. The van der Waals surface area contributed by atoms with Gasteiger partial charge in [0.15, 0.2) is 5.76 Å². The molecule has 0 saturated carbocycles. The Morgan fingerprint density at radius 1 is 1.00 bits per heavy atom. The highest BCUT2D eigenvalue weighted by Gasteiger charge is 2.11. The Morgan fingerprint density at radius 2 is 1.74 bits per heavy atom. The summed E-state index contributed by atoms with van der Waals surface area (Å²) in [6.45, 7) is 0. The topological polar surface area (TPSA) is 72.4 Å². The van der Waals surface area contributed by atoms with Gasteiger partial charge < -0.3 is 4.42 Å². The van der Waals surface area contributed by atoms with Gasteiger partial charge in [0.1, 0.15) is 5.69 Å². The molecular formula is C21H16N4O2. The Balaban J connectivity index is 1.65. The number of para-hydroxylation sites is 1. The van der Waals surface area contributed by atoms with Crippen molar-refractivity contribution in [3.63, 3.8) is 0 Å². The number of carbonyl (C=O) groups is 1. The molecule has 4 aromatic rings. The molecule has 6 heteroatoms. The van der Waals surface area contributed by atoms with Gasteiger partial charge in [-0.25, -0.2) is 10.1 Å². The fraction of sp³-hybridized carbons (Fsp3) is 0. The Kier molecular flexibility index (Phi) is 4.61. The molecule has 0 unspecified atom stereocenters. The molecule has 2 heterocycles. The lowest BCUT2D eigenvalue weighted by Crippen LogP contribution is -2.16. The number of furan rings is 1. The fourth-order valence-corrected chi connectivity index (χ4v) is 2.64. The number of amides is 1. The summed E-state index contributed by atoms with van der Waals surface area (Å²) in [6, 6.07) is 22.9. The van der Waals surface area contributed by atoms with Crippen LogP contribution >= 0.6 is 0 Å². The zero-order valence-electron chi connectivity index (χ0n) is 14.3. The predicted octanol–water partition coefficient (Wildman–Crippen LogP) is 3.90. The summed E-state index contributed by atoms with van der Waals surface area (Å²) in [5.41, 5.74) is 5.92. The molecule has 4 rings (SSSR count). The van der Waals surface area contributed by atoms with Crippen molar-refractivity contribution in [1.82, 2.24) is 15.2 Å². The van der Waals surface area contributed by atoms with Gasteiger partial charge in [-0.1, -0.05) is 48.5 Å². The highest BCUT2D eigenvalue weighted by Crippen LogP contribution is 2.22. The van der Waals surface area contributed by atoms with Gasteiger partial charge in [-0.2, -0.15) is 10.2 Å². The van der Waals surface area contributed by atoms with Gasteiger partial charge in [-0.3, -0.25) is 4.79 Å². The number of rotatable bonds is 5. The van der Waals surface area contributed by atoms with Crippen LogP contribution in [0.25, 0.3) is 16.9 Å². The zero-order chi connectivity index (χ0) is 18.5. The molecule has 0 fully saturated rings. The minimum atomic E-state index is -0.409. The molecule has 6 nitrogen and oxygen atoms in total. The number of hydrogen-bond donors (Lipinski definition) is 1. The first-order valence-corrected chi connectivity index (χ1v) is 8.39. The molecule has 0 aliphatic heterocycles. The second-order valence-corrected chi connectivity index (χ2v) is 5.76. The first-order chi connectivity index (χ1) is 13.3. The van der Waals surface area contributed by atoms with Gasteiger partial charge in [-0.05, 0) is 24.3 Å². The van der Waals surface area contributed by atoms with Crippen molar-refractivity contribution in [3.8, 4) is 16.9 Å². The summed E-state index contributed by atoms with van der Waals surface area (Å²) in [7, 11) is 0. The van der Waals surface area contributed by atoms with Gasteiger partial charge >= 0.3 is 5.91 Å². The Hall–Kier alpha value is -3.93. The molecular weight excluding hydrogens is 340 g/mol. The quantitative estimate of drug-likeness (QED) is 0.435. The number of carbonyl (C=O) groups excluding carboxylic acids is 1. The van der Waals surface area contributed by atoms with Crippen LogP contribution in [-0.2, 0) is 0 Å². The molecule has 0 saturated heterocycles. The van der Waals surface area contributed by atoms with Gasteiger partial charge in [0, 0.05) is 17.3 Å². The van der Waals surface area contributed by atoms with E-state index in [1.165, 1.54) is 6.26 Å². The smallest absolute Gasteiger partial charge is 0.307 e. The molecule has 0 radical (unpaired) electrons. The molecule has 1 amide bonds.